The maximum atomic E-state index is 13.3. The Balaban J connectivity index is 2.47. The van der Waals surface area contributed by atoms with Gasteiger partial charge in [-0.25, -0.2) is 14.2 Å². The quantitative estimate of drug-likeness (QED) is 0.933. The lowest BCUT2D eigenvalue weighted by atomic mass is 10.2. The molecule has 0 spiro atoms. The summed E-state index contributed by atoms with van der Waals surface area (Å²) >= 11 is 5.79. The van der Waals surface area contributed by atoms with E-state index in [4.69, 9.17) is 16.7 Å². The monoisotopic (exact) mass is 294 g/mol. The van der Waals surface area contributed by atoms with Gasteiger partial charge in [-0.05, 0) is 31.2 Å². The van der Waals surface area contributed by atoms with Crippen LogP contribution in [-0.2, 0) is 0 Å². The van der Waals surface area contributed by atoms with Crippen LogP contribution in [0.2, 0.25) is 5.02 Å². The Morgan fingerprint density at radius 3 is 2.80 bits per heavy atom. The number of nitrogens with zero attached hydrogens (tertiary/aromatic N) is 2. The number of carboxylic acid groups (broad SMARTS) is 1. The molecule has 0 bridgehead atoms. The van der Waals surface area contributed by atoms with Crippen molar-refractivity contribution in [3.8, 4) is 0 Å². The van der Waals surface area contributed by atoms with Gasteiger partial charge in [0.1, 0.15) is 11.6 Å². The lowest BCUT2D eigenvalue weighted by Crippen LogP contribution is -2.18. The van der Waals surface area contributed by atoms with Crippen LogP contribution in [0.25, 0.3) is 0 Å². The van der Waals surface area contributed by atoms with E-state index in [1.54, 1.807) is 17.0 Å². The number of carboxylic acids is 1. The van der Waals surface area contributed by atoms with E-state index in [0.29, 0.717) is 18.1 Å². The SMILES string of the molecule is CCN(c1cccc(F)c1)c1cc(C(=O)O)c(Cl)cn1. The Kier molecular flexibility index (Phi) is 4.20. The Bertz CT molecular complexity index is 649. The maximum absolute atomic E-state index is 13.3. The normalized spacial score (nSPS) is 10.3. The van der Waals surface area contributed by atoms with Crippen LogP contribution in [0, 0.1) is 5.82 Å². The van der Waals surface area contributed by atoms with Crippen LogP contribution in [0.5, 0.6) is 0 Å². The highest BCUT2D eigenvalue weighted by Gasteiger charge is 2.15. The van der Waals surface area contributed by atoms with E-state index in [9.17, 15) is 9.18 Å². The maximum Gasteiger partial charge on any atom is 0.337 e. The molecule has 0 saturated heterocycles. The first-order chi connectivity index (χ1) is 9.52. The first kappa shape index (κ1) is 14.3. The first-order valence-corrected chi connectivity index (χ1v) is 6.32. The van der Waals surface area contributed by atoms with E-state index >= 15 is 0 Å². The van der Waals surface area contributed by atoms with Gasteiger partial charge in [-0.1, -0.05) is 17.7 Å². The molecule has 1 heterocycles. The first-order valence-electron chi connectivity index (χ1n) is 5.95. The number of rotatable bonds is 4. The molecule has 6 heteroatoms. The van der Waals surface area contributed by atoms with Crippen molar-refractivity contribution in [3.63, 3.8) is 0 Å². The third kappa shape index (κ3) is 2.88. The molecule has 0 aliphatic heterocycles. The summed E-state index contributed by atoms with van der Waals surface area (Å²) in [6, 6.07) is 7.39. The van der Waals surface area contributed by atoms with Gasteiger partial charge >= 0.3 is 5.97 Å². The second-order valence-corrected chi connectivity index (χ2v) is 4.46. The van der Waals surface area contributed by atoms with Crippen molar-refractivity contribution in [2.75, 3.05) is 11.4 Å². The van der Waals surface area contributed by atoms with Crippen molar-refractivity contribution < 1.29 is 14.3 Å². The molecule has 0 aliphatic rings. The molecule has 0 saturated carbocycles. The molecule has 4 nitrogen and oxygen atoms in total. The smallest absolute Gasteiger partial charge is 0.337 e. The van der Waals surface area contributed by atoms with Gasteiger partial charge in [0.25, 0.3) is 0 Å². The Morgan fingerprint density at radius 2 is 2.20 bits per heavy atom. The summed E-state index contributed by atoms with van der Waals surface area (Å²) < 4.78 is 13.3. The summed E-state index contributed by atoms with van der Waals surface area (Å²) in [5.74, 6) is -1.10. The van der Waals surface area contributed by atoms with Crippen LogP contribution >= 0.6 is 11.6 Å². The van der Waals surface area contributed by atoms with Crippen molar-refractivity contribution >= 4 is 29.1 Å². The lowest BCUT2D eigenvalue weighted by molar-refractivity contribution is 0.0697. The molecule has 2 aromatic rings. The molecule has 0 amide bonds. The molecule has 20 heavy (non-hydrogen) atoms. The Morgan fingerprint density at radius 1 is 1.45 bits per heavy atom. The largest absolute Gasteiger partial charge is 0.478 e. The van der Waals surface area contributed by atoms with Crippen molar-refractivity contribution in [1.82, 2.24) is 4.98 Å². The van der Waals surface area contributed by atoms with Gasteiger partial charge in [-0.15, -0.1) is 0 Å². The summed E-state index contributed by atoms with van der Waals surface area (Å²) in [6.07, 6.45) is 1.28. The van der Waals surface area contributed by atoms with Gasteiger partial charge in [0, 0.05) is 18.4 Å². The molecule has 0 atom stereocenters. The van der Waals surface area contributed by atoms with Gasteiger partial charge < -0.3 is 10.0 Å². The third-order valence-electron chi connectivity index (χ3n) is 2.78. The standard InChI is InChI=1S/C14H12ClFN2O2/c1-2-18(10-5-3-4-9(16)6-10)13-7-11(14(19)20)12(15)8-17-13/h3-8H,2H2,1H3,(H,19,20). The van der Waals surface area contributed by atoms with E-state index < -0.39 is 5.97 Å². The predicted molar refractivity (Wildman–Crippen MR) is 75.3 cm³/mol. The molecular weight excluding hydrogens is 283 g/mol. The zero-order chi connectivity index (χ0) is 14.7. The third-order valence-corrected chi connectivity index (χ3v) is 3.09. The molecular formula is C14H12ClFN2O2. The summed E-state index contributed by atoms with van der Waals surface area (Å²) in [6.45, 7) is 2.37. The number of pyridine rings is 1. The fraction of sp³-hybridized carbons (Fsp3) is 0.143. The summed E-state index contributed by atoms with van der Waals surface area (Å²) in [5, 5.41) is 9.13. The van der Waals surface area contributed by atoms with Crippen LogP contribution in [0.4, 0.5) is 15.9 Å². The highest BCUT2D eigenvalue weighted by atomic mass is 35.5. The van der Waals surface area contributed by atoms with Crippen LogP contribution in [0.1, 0.15) is 17.3 Å². The van der Waals surface area contributed by atoms with Gasteiger partial charge in [0.15, 0.2) is 0 Å². The minimum Gasteiger partial charge on any atom is -0.478 e. The number of carbonyl (C=O) groups is 1. The molecule has 1 aromatic carbocycles. The molecule has 104 valence electrons. The summed E-state index contributed by atoms with van der Waals surface area (Å²) in [5.41, 5.74) is 0.560. The van der Waals surface area contributed by atoms with Gasteiger partial charge in [-0.2, -0.15) is 0 Å². The molecule has 1 aromatic heterocycles. The zero-order valence-corrected chi connectivity index (χ0v) is 11.4. The van der Waals surface area contributed by atoms with Crippen molar-refractivity contribution in [2.24, 2.45) is 0 Å². The van der Waals surface area contributed by atoms with E-state index in [2.05, 4.69) is 4.98 Å². The topological polar surface area (TPSA) is 53.4 Å². The van der Waals surface area contributed by atoms with Crippen LogP contribution in [-0.4, -0.2) is 22.6 Å². The van der Waals surface area contributed by atoms with Crippen LogP contribution < -0.4 is 4.90 Å². The van der Waals surface area contributed by atoms with E-state index in [0.717, 1.165) is 0 Å². The number of aromatic nitrogens is 1. The fourth-order valence-corrected chi connectivity index (χ4v) is 2.04. The minimum atomic E-state index is -1.13. The second kappa shape index (κ2) is 5.88. The van der Waals surface area contributed by atoms with E-state index in [-0.39, 0.29) is 16.4 Å². The van der Waals surface area contributed by atoms with Gasteiger partial charge in [0.2, 0.25) is 0 Å². The van der Waals surface area contributed by atoms with Crippen molar-refractivity contribution in [2.45, 2.75) is 6.92 Å². The van der Waals surface area contributed by atoms with E-state index in [1.807, 2.05) is 6.92 Å². The van der Waals surface area contributed by atoms with Crippen LogP contribution in [0.3, 0.4) is 0 Å². The fourth-order valence-electron chi connectivity index (χ4n) is 1.86. The lowest BCUT2D eigenvalue weighted by Gasteiger charge is -2.22. The average Bonchev–Trinajstić information content (AvgIpc) is 2.41. The molecule has 2 rings (SSSR count). The molecule has 0 unspecified atom stereocenters. The molecule has 0 radical (unpaired) electrons. The minimum absolute atomic E-state index is 0.0356. The number of hydrogen-bond donors (Lipinski definition) is 1. The van der Waals surface area contributed by atoms with Gasteiger partial charge in [-0.3, -0.25) is 0 Å². The van der Waals surface area contributed by atoms with Crippen molar-refractivity contribution in [1.29, 1.82) is 0 Å². The highest BCUT2D eigenvalue weighted by molar-refractivity contribution is 6.33. The summed E-state index contributed by atoms with van der Waals surface area (Å²) in [7, 11) is 0. The van der Waals surface area contributed by atoms with E-state index in [1.165, 1.54) is 24.4 Å². The highest BCUT2D eigenvalue weighted by Crippen LogP contribution is 2.27. The number of hydrogen-bond acceptors (Lipinski definition) is 3. The second-order valence-electron chi connectivity index (χ2n) is 4.05. The number of aromatic carboxylic acids is 1. The molecule has 0 aliphatic carbocycles. The average molecular weight is 295 g/mol. The van der Waals surface area contributed by atoms with Crippen molar-refractivity contribution in [3.05, 3.63) is 52.9 Å². The Labute approximate surface area is 120 Å². The molecule has 1 N–H and O–H groups in total. The van der Waals surface area contributed by atoms with Crippen LogP contribution in [0.15, 0.2) is 36.5 Å². The number of anilines is 2. The number of halogens is 2. The zero-order valence-electron chi connectivity index (χ0n) is 10.7. The Hall–Kier alpha value is -2.14. The predicted octanol–water partition coefficient (Wildman–Crippen LogP) is 3.73. The molecule has 0 fully saturated rings. The number of benzene rings is 1. The summed E-state index contributed by atoms with van der Waals surface area (Å²) in [4.78, 5) is 16.9. The van der Waals surface area contributed by atoms with Gasteiger partial charge in [0.05, 0.1) is 10.6 Å².